The van der Waals surface area contributed by atoms with Crippen molar-refractivity contribution in [2.24, 2.45) is 0 Å². The molecule has 1 fully saturated rings. The van der Waals surface area contributed by atoms with Gasteiger partial charge in [0.1, 0.15) is 5.75 Å². The summed E-state index contributed by atoms with van der Waals surface area (Å²) in [7, 11) is 0. The zero-order chi connectivity index (χ0) is 23.1. The molecule has 7 nitrogen and oxygen atoms in total. The van der Waals surface area contributed by atoms with Gasteiger partial charge in [0.05, 0.1) is 28.4 Å². The van der Waals surface area contributed by atoms with Gasteiger partial charge in [-0.2, -0.15) is 5.10 Å². The number of phenolic OH excluding ortho intramolecular Hbond substituents is 1. The van der Waals surface area contributed by atoms with Gasteiger partial charge in [-0.1, -0.05) is 6.07 Å². The number of aromatic nitrogens is 3. The van der Waals surface area contributed by atoms with E-state index in [2.05, 4.69) is 20.5 Å². The van der Waals surface area contributed by atoms with Crippen molar-refractivity contribution in [1.82, 2.24) is 25.4 Å². The summed E-state index contributed by atoms with van der Waals surface area (Å²) < 4.78 is 27.4. The molecule has 2 aromatic heterocycles. The first kappa shape index (κ1) is 21.0. The lowest BCUT2D eigenvalue weighted by Gasteiger charge is -2.37. The standard InChI is InChI=1S/C24H21F2N5O2/c1-13-22-17(11-20(28-23(22)30-29-13)14-2-5-16(32)6-3-14)24(33)31-9-8-27-12-21(31)15-4-7-18(25)19(26)10-15/h2-7,10-11,21,27,32H,8-9,12H2,1H3,(H,28,29,30). The number of benzene rings is 2. The number of phenols is 1. The van der Waals surface area contributed by atoms with Crippen molar-refractivity contribution in [3.8, 4) is 17.0 Å². The minimum absolute atomic E-state index is 0.128. The lowest BCUT2D eigenvalue weighted by Crippen LogP contribution is -2.48. The molecule has 1 amide bonds. The highest BCUT2D eigenvalue weighted by atomic mass is 19.2. The number of halogens is 2. The number of piperazine rings is 1. The number of fused-ring (bicyclic) bond motifs is 1. The fraction of sp³-hybridized carbons (Fsp3) is 0.208. The first-order chi connectivity index (χ1) is 15.9. The molecule has 2 aromatic carbocycles. The summed E-state index contributed by atoms with van der Waals surface area (Å²) in [6.45, 7) is 3.19. The topological polar surface area (TPSA) is 94.1 Å². The first-order valence-corrected chi connectivity index (χ1v) is 10.5. The van der Waals surface area contributed by atoms with Crippen molar-refractivity contribution in [3.05, 3.63) is 77.0 Å². The molecule has 1 aliphatic heterocycles. The van der Waals surface area contributed by atoms with Gasteiger partial charge in [0.15, 0.2) is 17.3 Å². The van der Waals surface area contributed by atoms with Crippen LogP contribution >= 0.6 is 0 Å². The number of nitrogens with zero attached hydrogens (tertiary/aromatic N) is 3. The molecule has 33 heavy (non-hydrogen) atoms. The Balaban J connectivity index is 1.60. The predicted molar refractivity (Wildman–Crippen MR) is 119 cm³/mol. The van der Waals surface area contributed by atoms with Crippen LogP contribution in [-0.4, -0.2) is 50.7 Å². The van der Waals surface area contributed by atoms with E-state index < -0.39 is 17.7 Å². The fourth-order valence-corrected chi connectivity index (χ4v) is 4.25. The maximum Gasteiger partial charge on any atom is 0.255 e. The molecule has 1 atom stereocenters. The minimum atomic E-state index is -0.947. The van der Waals surface area contributed by atoms with E-state index in [0.717, 1.165) is 17.7 Å². The van der Waals surface area contributed by atoms with Crippen molar-refractivity contribution in [3.63, 3.8) is 0 Å². The summed E-state index contributed by atoms with van der Waals surface area (Å²) in [5.74, 6) is -1.99. The third-order valence-corrected chi connectivity index (χ3v) is 5.94. The van der Waals surface area contributed by atoms with E-state index in [1.54, 1.807) is 42.2 Å². The van der Waals surface area contributed by atoms with Crippen LogP contribution in [0.4, 0.5) is 8.78 Å². The fourth-order valence-electron chi connectivity index (χ4n) is 4.25. The molecule has 1 saturated heterocycles. The Hall–Kier alpha value is -3.85. The summed E-state index contributed by atoms with van der Waals surface area (Å²) in [5, 5.41) is 20.6. The van der Waals surface area contributed by atoms with Crippen LogP contribution in [0.5, 0.6) is 5.75 Å². The van der Waals surface area contributed by atoms with Crippen LogP contribution in [0.15, 0.2) is 48.5 Å². The Bertz CT molecular complexity index is 1350. The number of nitrogens with one attached hydrogen (secondary N) is 2. The second-order valence-corrected chi connectivity index (χ2v) is 8.03. The summed E-state index contributed by atoms with van der Waals surface area (Å²) >= 11 is 0. The van der Waals surface area contributed by atoms with Crippen molar-refractivity contribution in [2.75, 3.05) is 19.6 Å². The maximum absolute atomic E-state index is 13.9. The number of carbonyl (C=O) groups is 1. The van der Waals surface area contributed by atoms with E-state index in [9.17, 15) is 18.7 Å². The normalized spacial score (nSPS) is 16.3. The highest BCUT2D eigenvalue weighted by Crippen LogP contribution is 2.31. The number of carbonyl (C=O) groups excluding carboxylic acids is 1. The second-order valence-electron chi connectivity index (χ2n) is 8.03. The van der Waals surface area contributed by atoms with Crippen LogP contribution in [0, 0.1) is 18.6 Å². The summed E-state index contributed by atoms with van der Waals surface area (Å²) in [6, 6.07) is 11.5. The van der Waals surface area contributed by atoms with Crippen molar-refractivity contribution in [1.29, 1.82) is 0 Å². The van der Waals surface area contributed by atoms with Crippen LogP contribution < -0.4 is 5.32 Å². The van der Waals surface area contributed by atoms with Gasteiger partial charge in [0, 0.05) is 25.2 Å². The molecule has 3 heterocycles. The van der Waals surface area contributed by atoms with Crippen molar-refractivity contribution < 1.29 is 18.7 Å². The number of aromatic hydroxyl groups is 1. The first-order valence-electron chi connectivity index (χ1n) is 10.5. The number of aromatic amines is 1. The average Bonchev–Trinajstić information content (AvgIpc) is 3.21. The number of rotatable bonds is 3. The predicted octanol–water partition coefficient (Wildman–Crippen LogP) is 3.70. The quantitative estimate of drug-likeness (QED) is 0.443. The molecule has 0 aliphatic carbocycles. The molecule has 5 rings (SSSR count). The van der Waals surface area contributed by atoms with Gasteiger partial charge in [-0.25, -0.2) is 13.8 Å². The zero-order valence-electron chi connectivity index (χ0n) is 17.8. The largest absolute Gasteiger partial charge is 0.508 e. The number of aryl methyl sites for hydroxylation is 1. The average molecular weight is 449 g/mol. The molecule has 168 valence electrons. The lowest BCUT2D eigenvalue weighted by molar-refractivity contribution is 0.0636. The van der Waals surface area contributed by atoms with E-state index in [4.69, 9.17) is 0 Å². The number of amides is 1. The molecule has 0 radical (unpaired) electrons. The van der Waals surface area contributed by atoms with E-state index in [0.29, 0.717) is 53.2 Å². The van der Waals surface area contributed by atoms with Gasteiger partial charge >= 0.3 is 0 Å². The Morgan fingerprint density at radius 2 is 1.91 bits per heavy atom. The monoisotopic (exact) mass is 449 g/mol. The lowest BCUT2D eigenvalue weighted by atomic mass is 9.99. The smallest absolute Gasteiger partial charge is 0.255 e. The van der Waals surface area contributed by atoms with Crippen LogP contribution in [0.1, 0.15) is 27.7 Å². The van der Waals surface area contributed by atoms with E-state index in [1.807, 2.05) is 0 Å². The van der Waals surface area contributed by atoms with Crippen LogP contribution in [0.3, 0.4) is 0 Å². The van der Waals surface area contributed by atoms with Gasteiger partial charge in [-0.05, 0) is 55.0 Å². The summed E-state index contributed by atoms with van der Waals surface area (Å²) in [4.78, 5) is 20.1. The highest BCUT2D eigenvalue weighted by Gasteiger charge is 2.31. The third kappa shape index (κ3) is 3.80. The van der Waals surface area contributed by atoms with Gasteiger partial charge in [0.25, 0.3) is 5.91 Å². The molecule has 9 heteroatoms. The Morgan fingerprint density at radius 3 is 2.67 bits per heavy atom. The van der Waals surface area contributed by atoms with Crippen LogP contribution in [0.25, 0.3) is 22.3 Å². The Kier molecular flexibility index (Phi) is 5.26. The second kappa shape index (κ2) is 8.25. The number of hydrogen-bond acceptors (Lipinski definition) is 5. The van der Waals surface area contributed by atoms with Crippen LogP contribution in [0.2, 0.25) is 0 Å². The van der Waals surface area contributed by atoms with Crippen molar-refractivity contribution >= 4 is 16.9 Å². The van der Waals surface area contributed by atoms with Gasteiger partial charge in [0.2, 0.25) is 0 Å². The third-order valence-electron chi connectivity index (χ3n) is 5.94. The van der Waals surface area contributed by atoms with Gasteiger partial charge < -0.3 is 15.3 Å². The number of H-pyrrole nitrogens is 1. The number of hydrogen-bond donors (Lipinski definition) is 3. The van der Waals surface area contributed by atoms with Gasteiger partial charge in [-0.3, -0.25) is 9.89 Å². The molecule has 4 aromatic rings. The maximum atomic E-state index is 13.9. The van der Waals surface area contributed by atoms with Gasteiger partial charge in [-0.15, -0.1) is 0 Å². The molecule has 0 saturated carbocycles. The molecule has 1 unspecified atom stereocenters. The molecule has 0 spiro atoms. The number of pyridine rings is 1. The van der Waals surface area contributed by atoms with E-state index in [1.165, 1.54) is 6.07 Å². The minimum Gasteiger partial charge on any atom is -0.508 e. The van der Waals surface area contributed by atoms with Crippen LogP contribution in [-0.2, 0) is 0 Å². The Morgan fingerprint density at radius 1 is 1.12 bits per heavy atom. The molecular weight excluding hydrogens is 428 g/mol. The molecule has 1 aliphatic rings. The summed E-state index contributed by atoms with van der Waals surface area (Å²) in [5.41, 5.74) is 3.33. The zero-order valence-corrected chi connectivity index (χ0v) is 17.8. The van der Waals surface area contributed by atoms with E-state index >= 15 is 0 Å². The van der Waals surface area contributed by atoms with E-state index in [-0.39, 0.29) is 11.7 Å². The molecule has 0 bridgehead atoms. The molecular formula is C24H21F2N5O2. The Labute approximate surface area is 188 Å². The van der Waals surface area contributed by atoms with Crippen molar-refractivity contribution in [2.45, 2.75) is 13.0 Å². The highest BCUT2D eigenvalue weighted by molar-refractivity contribution is 6.07. The SMILES string of the molecule is Cc1n[nH]c2nc(-c3ccc(O)cc3)cc(C(=O)N3CCNCC3c3ccc(F)c(F)c3)c12. The summed E-state index contributed by atoms with van der Waals surface area (Å²) in [6.07, 6.45) is 0. The molecule has 3 N–H and O–H groups in total.